The van der Waals surface area contributed by atoms with Crippen LogP contribution in [-0.4, -0.2) is 33.7 Å². The molecular weight excluding hydrogens is 485 g/mol. The predicted molar refractivity (Wildman–Crippen MR) is 113 cm³/mol. The molecule has 0 saturated carbocycles. The largest absolute Gasteiger partial charge is 0.367 e. The van der Waals surface area contributed by atoms with Crippen LogP contribution >= 0.6 is 39.1 Å². The fourth-order valence-electron chi connectivity index (χ4n) is 2.60. The van der Waals surface area contributed by atoms with E-state index in [-0.39, 0.29) is 22.8 Å². The zero-order valence-electron chi connectivity index (χ0n) is 15.2. The fourth-order valence-corrected chi connectivity index (χ4v) is 3.45. The van der Waals surface area contributed by atoms with Crippen molar-refractivity contribution in [2.45, 2.75) is 6.92 Å². The highest BCUT2D eigenvalue weighted by Gasteiger charge is 2.23. The van der Waals surface area contributed by atoms with Crippen molar-refractivity contribution in [1.82, 2.24) is 20.2 Å². The molecule has 150 valence electrons. The molecule has 0 bridgehead atoms. The van der Waals surface area contributed by atoms with Gasteiger partial charge in [-0.1, -0.05) is 23.2 Å². The van der Waals surface area contributed by atoms with E-state index >= 15 is 0 Å². The van der Waals surface area contributed by atoms with Gasteiger partial charge in [0.15, 0.2) is 5.82 Å². The summed E-state index contributed by atoms with van der Waals surface area (Å²) < 4.78 is 1.71. The van der Waals surface area contributed by atoms with E-state index in [1.807, 2.05) is 0 Å². The number of anilines is 1. The Kier molecular flexibility index (Phi) is 6.53. The first-order valence-electron chi connectivity index (χ1n) is 8.17. The Morgan fingerprint density at radius 3 is 2.69 bits per heavy atom. The molecule has 1 amide bonds. The highest BCUT2D eigenvalue weighted by Crippen LogP contribution is 2.28. The van der Waals surface area contributed by atoms with E-state index in [2.05, 4.69) is 36.8 Å². The van der Waals surface area contributed by atoms with Crippen LogP contribution in [0.1, 0.15) is 26.4 Å². The number of carbonyl (C=O) groups is 2. The number of hydroxylamine groups is 1. The zero-order valence-corrected chi connectivity index (χ0v) is 18.3. The van der Waals surface area contributed by atoms with Crippen molar-refractivity contribution in [2.75, 3.05) is 12.4 Å². The van der Waals surface area contributed by atoms with E-state index < -0.39 is 11.9 Å². The van der Waals surface area contributed by atoms with Crippen LogP contribution in [0.25, 0.3) is 5.82 Å². The molecule has 2 N–H and O–H groups in total. The summed E-state index contributed by atoms with van der Waals surface area (Å²) in [6.07, 6.45) is 1.54. The van der Waals surface area contributed by atoms with Crippen LogP contribution in [0.2, 0.25) is 10.0 Å². The average Bonchev–Trinajstić information content (AvgIpc) is 3.05. The summed E-state index contributed by atoms with van der Waals surface area (Å²) in [5, 5.41) is 7.60. The van der Waals surface area contributed by atoms with E-state index in [1.165, 1.54) is 30.1 Å². The second kappa shape index (κ2) is 8.91. The van der Waals surface area contributed by atoms with Gasteiger partial charge < -0.3 is 10.2 Å². The molecule has 0 aliphatic rings. The van der Waals surface area contributed by atoms with Crippen molar-refractivity contribution < 1.29 is 14.4 Å². The predicted octanol–water partition coefficient (Wildman–Crippen LogP) is 4.19. The van der Waals surface area contributed by atoms with E-state index in [1.54, 1.807) is 25.1 Å². The lowest BCUT2D eigenvalue weighted by molar-refractivity contribution is 0.0311. The number of amides is 1. The van der Waals surface area contributed by atoms with Crippen LogP contribution in [0.15, 0.2) is 41.1 Å². The van der Waals surface area contributed by atoms with E-state index in [4.69, 9.17) is 28.0 Å². The first-order chi connectivity index (χ1) is 13.8. The average molecular weight is 499 g/mol. The van der Waals surface area contributed by atoms with Gasteiger partial charge >= 0.3 is 5.97 Å². The van der Waals surface area contributed by atoms with Crippen molar-refractivity contribution in [3.05, 3.63) is 68.0 Å². The minimum absolute atomic E-state index is 0.0960. The molecule has 0 atom stereocenters. The van der Waals surface area contributed by atoms with Crippen molar-refractivity contribution >= 4 is 56.7 Å². The summed E-state index contributed by atoms with van der Waals surface area (Å²) in [5.41, 5.74) is 3.40. The van der Waals surface area contributed by atoms with Crippen LogP contribution < -0.4 is 10.8 Å². The molecule has 8 nitrogen and oxygen atoms in total. The number of rotatable bonds is 5. The quantitative estimate of drug-likeness (QED) is 0.512. The molecule has 3 rings (SSSR count). The number of aryl methyl sites for hydroxylation is 1. The summed E-state index contributed by atoms with van der Waals surface area (Å²) in [6, 6.07) is 7.84. The second-order valence-corrected chi connectivity index (χ2v) is 7.42. The molecule has 0 radical (unpaired) electrons. The molecule has 3 aromatic rings. The van der Waals surface area contributed by atoms with E-state index in [0.717, 1.165) is 0 Å². The number of carbonyl (C=O) groups excluding carboxylic acids is 2. The summed E-state index contributed by atoms with van der Waals surface area (Å²) in [5.74, 6) is -0.947. The van der Waals surface area contributed by atoms with Crippen molar-refractivity contribution in [3.8, 4) is 5.82 Å². The highest BCUT2D eigenvalue weighted by molar-refractivity contribution is 9.10. The maximum absolute atomic E-state index is 13.0. The van der Waals surface area contributed by atoms with Crippen molar-refractivity contribution in [3.63, 3.8) is 0 Å². The minimum atomic E-state index is -0.698. The van der Waals surface area contributed by atoms with Crippen molar-refractivity contribution in [2.24, 2.45) is 0 Å². The zero-order chi connectivity index (χ0) is 21.1. The topological polar surface area (TPSA) is 98.1 Å². The molecule has 11 heteroatoms. The Bertz CT molecular complexity index is 1100. The van der Waals surface area contributed by atoms with Gasteiger partial charge in [-0.15, -0.1) is 0 Å². The number of pyridine rings is 1. The van der Waals surface area contributed by atoms with Gasteiger partial charge in [-0.2, -0.15) is 10.6 Å². The third-order valence-corrected chi connectivity index (χ3v) is 4.71. The Balaban J connectivity index is 2.03. The number of hydrogen-bond donors (Lipinski definition) is 2. The van der Waals surface area contributed by atoms with Gasteiger partial charge in [0, 0.05) is 24.3 Å². The molecule has 2 heterocycles. The number of aromatic nitrogens is 3. The summed E-state index contributed by atoms with van der Waals surface area (Å²) in [6.45, 7) is 1.71. The number of hydrogen-bond acceptors (Lipinski definition) is 6. The molecule has 0 aliphatic carbocycles. The van der Waals surface area contributed by atoms with Crippen LogP contribution in [-0.2, 0) is 4.84 Å². The smallest absolute Gasteiger partial charge is 0.358 e. The fraction of sp³-hybridized carbons (Fsp3) is 0.111. The van der Waals surface area contributed by atoms with E-state index in [0.29, 0.717) is 20.2 Å². The third-order valence-electron chi connectivity index (χ3n) is 3.81. The standard InChI is InChI=1S/C18H14BrCl2N5O3/c1-9-6-10(20)7-11(18(28)29-22-2)15(9)24-17(27)13-8-14(19)25-26(13)16-12(21)4-3-5-23-16/h3-8,22H,1-2H3,(H,24,27). The first-order valence-corrected chi connectivity index (χ1v) is 9.72. The second-order valence-electron chi connectivity index (χ2n) is 5.77. The molecule has 29 heavy (non-hydrogen) atoms. The lowest BCUT2D eigenvalue weighted by Gasteiger charge is -2.14. The first kappa shape index (κ1) is 21.3. The monoisotopic (exact) mass is 497 g/mol. The van der Waals surface area contributed by atoms with E-state index in [9.17, 15) is 9.59 Å². The summed E-state index contributed by atoms with van der Waals surface area (Å²) in [4.78, 5) is 34.3. The molecule has 1 aromatic carbocycles. The van der Waals surface area contributed by atoms with Crippen LogP contribution in [0.3, 0.4) is 0 Å². The van der Waals surface area contributed by atoms with Gasteiger partial charge in [-0.3, -0.25) is 4.79 Å². The minimum Gasteiger partial charge on any atom is -0.367 e. The molecule has 0 fully saturated rings. The Morgan fingerprint density at radius 1 is 1.24 bits per heavy atom. The van der Waals surface area contributed by atoms with Gasteiger partial charge in [0.2, 0.25) is 0 Å². The van der Waals surface area contributed by atoms with Gasteiger partial charge in [0.05, 0.1) is 16.3 Å². The lowest BCUT2D eigenvalue weighted by Crippen LogP contribution is -2.22. The van der Waals surface area contributed by atoms with Crippen LogP contribution in [0.5, 0.6) is 0 Å². The molecule has 0 spiro atoms. The maximum Gasteiger partial charge on any atom is 0.358 e. The number of halogens is 3. The number of nitrogens with one attached hydrogen (secondary N) is 2. The highest BCUT2D eigenvalue weighted by atomic mass is 79.9. The normalized spacial score (nSPS) is 10.7. The molecular formula is C18H14BrCl2N5O3. The third kappa shape index (κ3) is 4.59. The van der Waals surface area contributed by atoms with Gasteiger partial charge in [0.25, 0.3) is 5.91 Å². The Morgan fingerprint density at radius 2 is 2.00 bits per heavy atom. The van der Waals surface area contributed by atoms with Gasteiger partial charge in [-0.05, 0) is 52.7 Å². The molecule has 0 unspecified atom stereocenters. The molecule has 0 saturated heterocycles. The summed E-state index contributed by atoms with van der Waals surface area (Å²) in [7, 11) is 1.44. The lowest BCUT2D eigenvalue weighted by atomic mass is 10.1. The summed E-state index contributed by atoms with van der Waals surface area (Å²) >= 11 is 15.5. The Hall–Kier alpha value is -2.46. The number of nitrogens with zero attached hydrogens (tertiary/aromatic N) is 3. The van der Waals surface area contributed by atoms with Gasteiger partial charge in [0.1, 0.15) is 10.3 Å². The maximum atomic E-state index is 13.0. The Labute approximate surface area is 184 Å². The molecule has 0 aliphatic heterocycles. The number of benzene rings is 1. The van der Waals surface area contributed by atoms with Crippen molar-refractivity contribution in [1.29, 1.82) is 0 Å². The van der Waals surface area contributed by atoms with Crippen LogP contribution in [0.4, 0.5) is 5.69 Å². The molecule has 2 aromatic heterocycles. The van der Waals surface area contributed by atoms with Crippen LogP contribution in [0, 0.1) is 6.92 Å². The van der Waals surface area contributed by atoms with Gasteiger partial charge in [-0.25, -0.2) is 14.5 Å². The SMILES string of the molecule is CNOC(=O)c1cc(Cl)cc(C)c1NC(=O)c1cc(Br)nn1-c1ncccc1Cl.